The van der Waals surface area contributed by atoms with Crippen LogP contribution in [0.3, 0.4) is 0 Å². The molecule has 0 spiro atoms. The lowest BCUT2D eigenvalue weighted by molar-refractivity contribution is -0.137. The van der Waals surface area contributed by atoms with Crippen LogP contribution in [0, 0.1) is 0 Å². The third-order valence-corrected chi connectivity index (χ3v) is 6.55. The maximum absolute atomic E-state index is 13.1. The molecule has 9 heteroatoms. The van der Waals surface area contributed by atoms with E-state index < -0.39 is 11.7 Å². The first kappa shape index (κ1) is 24.6. The fourth-order valence-corrected chi connectivity index (χ4v) is 4.54. The molecular formula is C22H32F3IN4O. The number of hydrogen-bond acceptors (Lipinski definition) is 3. The summed E-state index contributed by atoms with van der Waals surface area (Å²) in [5.41, 5.74) is -0.0785. The first-order valence-electron chi connectivity index (χ1n) is 10.9. The minimum absolute atomic E-state index is 0. The van der Waals surface area contributed by atoms with Crippen molar-refractivity contribution in [2.45, 2.75) is 43.8 Å². The minimum Gasteiger partial charge on any atom is -0.379 e. The van der Waals surface area contributed by atoms with Crippen LogP contribution in [-0.2, 0) is 16.3 Å². The number of aliphatic imine (C=N–C) groups is 1. The van der Waals surface area contributed by atoms with Gasteiger partial charge in [0.2, 0.25) is 0 Å². The highest BCUT2D eigenvalue weighted by atomic mass is 127. The summed E-state index contributed by atoms with van der Waals surface area (Å²) < 4.78 is 44.9. The van der Waals surface area contributed by atoms with E-state index in [2.05, 4.69) is 15.1 Å². The van der Waals surface area contributed by atoms with Gasteiger partial charge >= 0.3 is 6.18 Å². The highest BCUT2D eigenvalue weighted by molar-refractivity contribution is 14.0. The van der Waals surface area contributed by atoms with Crippen molar-refractivity contribution in [1.82, 2.24) is 15.1 Å². The first-order valence-corrected chi connectivity index (χ1v) is 10.9. The normalized spacial score (nSPS) is 24.1. The molecule has 0 aromatic heterocycles. The Balaban J connectivity index is 0.00000272. The quantitative estimate of drug-likeness (QED) is 0.344. The second-order valence-corrected chi connectivity index (χ2v) is 8.57. The molecule has 174 valence electrons. The molecule has 3 fully saturated rings. The second-order valence-electron chi connectivity index (χ2n) is 8.57. The smallest absolute Gasteiger partial charge is 0.379 e. The van der Waals surface area contributed by atoms with Gasteiger partial charge in [0.25, 0.3) is 0 Å². The van der Waals surface area contributed by atoms with Crippen LogP contribution in [0.15, 0.2) is 29.3 Å². The van der Waals surface area contributed by atoms with Crippen molar-refractivity contribution in [3.63, 3.8) is 0 Å². The Morgan fingerprint density at radius 1 is 1.23 bits per heavy atom. The van der Waals surface area contributed by atoms with Crippen molar-refractivity contribution in [2.24, 2.45) is 4.99 Å². The fourth-order valence-electron chi connectivity index (χ4n) is 4.54. The van der Waals surface area contributed by atoms with Crippen molar-refractivity contribution in [3.05, 3.63) is 35.4 Å². The standard InChI is InChI=1S/C22H31F3N4O.HI/c1-2-26-20(29-9-6-19(15-29)28-10-12-30-13-11-28)27-16-21(7-8-21)17-4-3-5-18(14-17)22(23,24)25;/h3-5,14,19H,2,6-13,15-16H2,1H3,(H,26,27);1H. The number of rotatable bonds is 5. The summed E-state index contributed by atoms with van der Waals surface area (Å²) in [5, 5.41) is 3.39. The van der Waals surface area contributed by atoms with Crippen LogP contribution in [0.1, 0.15) is 37.3 Å². The summed E-state index contributed by atoms with van der Waals surface area (Å²) in [6.45, 7) is 8.77. The van der Waals surface area contributed by atoms with Crippen molar-refractivity contribution in [1.29, 1.82) is 0 Å². The molecule has 2 aliphatic heterocycles. The number of morpholine rings is 1. The van der Waals surface area contributed by atoms with Gasteiger partial charge in [-0.2, -0.15) is 13.2 Å². The average Bonchev–Trinajstić information content (AvgIpc) is 3.38. The summed E-state index contributed by atoms with van der Waals surface area (Å²) in [7, 11) is 0. The van der Waals surface area contributed by atoms with E-state index in [1.54, 1.807) is 0 Å². The molecule has 1 aliphatic carbocycles. The van der Waals surface area contributed by atoms with Gasteiger partial charge in [0.05, 0.1) is 25.3 Å². The van der Waals surface area contributed by atoms with Crippen molar-refractivity contribution in [2.75, 3.05) is 52.5 Å². The van der Waals surface area contributed by atoms with Gasteiger partial charge in [-0.05, 0) is 37.8 Å². The Kier molecular flexibility index (Phi) is 8.12. The van der Waals surface area contributed by atoms with Crippen molar-refractivity contribution in [3.8, 4) is 0 Å². The minimum atomic E-state index is -4.31. The van der Waals surface area contributed by atoms with E-state index in [0.717, 1.165) is 82.8 Å². The van der Waals surface area contributed by atoms with E-state index in [9.17, 15) is 13.2 Å². The van der Waals surface area contributed by atoms with E-state index in [1.807, 2.05) is 13.0 Å². The van der Waals surface area contributed by atoms with Gasteiger partial charge in [0.1, 0.15) is 0 Å². The molecule has 31 heavy (non-hydrogen) atoms. The van der Waals surface area contributed by atoms with Crippen LogP contribution < -0.4 is 5.32 Å². The topological polar surface area (TPSA) is 40.1 Å². The number of guanidine groups is 1. The third kappa shape index (κ3) is 5.84. The highest BCUT2D eigenvalue weighted by Gasteiger charge is 2.45. The molecule has 0 radical (unpaired) electrons. The summed E-state index contributed by atoms with van der Waals surface area (Å²) in [4.78, 5) is 9.68. The molecule has 0 amide bonds. The molecule has 2 heterocycles. The Hall–Kier alpha value is -1.07. The third-order valence-electron chi connectivity index (χ3n) is 6.55. The number of nitrogens with zero attached hydrogens (tertiary/aromatic N) is 3. The number of ether oxygens (including phenoxy) is 1. The number of hydrogen-bond donors (Lipinski definition) is 1. The zero-order valence-electron chi connectivity index (χ0n) is 18.0. The predicted molar refractivity (Wildman–Crippen MR) is 126 cm³/mol. The lowest BCUT2D eigenvalue weighted by Crippen LogP contribution is -2.46. The largest absolute Gasteiger partial charge is 0.416 e. The van der Waals surface area contributed by atoms with Crippen LogP contribution in [0.5, 0.6) is 0 Å². The number of nitrogens with one attached hydrogen (secondary N) is 1. The van der Waals surface area contributed by atoms with Gasteiger partial charge in [-0.15, -0.1) is 24.0 Å². The fraction of sp³-hybridized carbons (Fsp3) is 0.682. The molecule has 1 unspecified atom stereocenters. The van der Waals surface area contributed by atoms with Crippen LogP contribution >= 0.6 is 24.0 Å². The average molecular weight is 552 g/mol. The maximum Gasteiger partial charge on any atom is 0.416 e. The molecular weight excluding hydrogens is 520 g/mol. The van der Waals surface area contributed by atoms with E-state index >= 15 is 0 Å². The van der Waals surface area contributed by atoms with Gasteiger partial charge in [-0.1, -0.05) is 18.2 Å². The number of likely N-dealkylation sites (tertiary alicyclic amines) is 1. The zero-order valence-corrected chi connectivity index (χ0v) is 20.3. The number of halogens is 4. The molecule has 0 bridgehead atoms. The molecule has 4 rings (SSSR count). The molecule has 1 aromatic rings. The Bertz CT molecular complexity index is 763. The maximum atomic E-state index is 13.1. The van der Waals surface area contributed by atoms with Crippen LogP contribution in [-0.4, -0.2) is 74.3 Å². The molecule has 1 saturated carbocycles. The first-order chi connectivity index (χ1) is 14.4. The van der Waals surface area contributed by atoms with Gasteiger partial charge in [0, 0.05) is 44.2 Å². The molecule has 3 aliphatic rings. The van der Waals surface area contributed by atoms with E-state index in [-0.39, 0.29) is 29.4 Å². The molecule has 5 nitrogen and oxygen atoms in total. The zero-order chi connectivity index (χ0) is 21.2. The Morgan fingerprint density at radius 2 is 1.97 bits per heavy atom. The number of alkyl halides is 3. The summed E-state index contributed by atoms with van der Waals surface area (Å²) in [6, 6.07) is 6.29. The van der Waals surface area contributed by atoms with Gasteiger partial charge in [0.15, 0.2) is 5.96 Å². The monoisotopic (exact) mass is 552 g/mol. The van der Waals surface area contributed by atoms with Gasteiger partial charge in [-0.3, -0.25) is 9.89 Å². The van der Waals surface area contributed by atoms with E-state index in [4.69, 9.17) is 9.73 Å². The second kappa shape index (κ2) is 10.2. The SMILES string of the molecule is CCNC(=NCC1(c2cccc(C(F)(F)F)c2)CC1)N1CCC(N2CCOCC2)C1.I. The molecule has 1 aromatic carbocycles. The molecule has 1 N–H and O–H groups in total. The summed E-state index contributed by atoms with van der Waals surface area (Å²) in [6.07, 6.45) is -1.45. The number of benzene rings is 1. The van der Waals surface area contributed by atoms with Crippen LogP contribution in [0.25, 0.3) is 0 Å². The Labute approximate surface area is 199 Å². The van der Waals surface area contributed by atoms with Gasteiger partial charge in [-0.25, -0.2) is 0 Å². The van der Waals surface area contributed by atoms with E-state index in [1.165, 1.54) is 12.1 Å². The highest BCUT2D eigenvalue weighted by Crippen LogP contribution is 2.49. The van der Waals surface area contributed by atoms with Crippen molar-refractivity contribution < 1.29 is 17.9 Å². The lowest BCUT2D eigenvalue weighted by Gasteiger charge is -2.32. The molecule has 1 atom stereocenters. The van der Waals surface area contributed by atoms with Crippen LogP contribution in [0.2, 0.25) is 0 Å². The van der Waals surface area contributed by atoms with Crippen LogP contribution in [0.4, 0.5) is 13.2 Å². The molecule has 2 saturated heterocycles. The Morgan fingerprint density at radius 3 is 2.61 bits per heavy atom. The van der Waals surface area contributed by atoms with Crippen molar-refractivity contribution >= 4 is 29.9 Å². The summed E-state index contributed by atoms with van der Waals surface area (Å²) >= 11 is 0. The lowest BCUT2D eigenvalue weighted by atomic mass is 9.94. The summed E-state index contributed by atoms with van der Waals surface area (Å²) in [5.74, 6) is 0.881. The van der Waals surface area contributed by atoms with E-state index in [0.29, 0.717) is 12.6 Å². The predicted octanol–water partition coefficient (Wildman–Crippen LogP) is 3.73. The van der Waals surface area contributed by atoms with Gasteiger partial charge < -0.3 is 15.0 Å².